The third kappa shape index (κ3) is 4.91. The number of carbonyl (C=O) groups is 2. The molecule has 6 heteroatoms. The minimum Gasteiger partial charge on any atom is -0.481 e. The monoisotopic (exact) mass is 259 g/mol. The fraction of sp³-hybridized carbons (Fsp3) is 0.455. The number of hydrogen-bond donors (Lipinski definition) is 2. The van der Waals surface area contributed by atoms with E-state index in [-0.39, 0.29) is 29.3 Å². The Labute approximate surface area is 104 Å². The van der Waals surface area contributed by atoms with Gasteiger partial charge in [-0.1, -0.05) is 0 Å². The zero-order valence-corrected chi connectivity index (χ0v) is 10.2. The van der Waals surface area contributed by atoms with Gasteiger partial charge < -0.3 is 14.8 Å². The zero-order chi connectivity index (χ0) is 12.8. The van der Waals surface area contributed by atoms with E-state index in [0.717, 1.165) is 0 Å². The molecule has 1 amide bonds. The first-order valence-corrected chi connectivity index (χ1v) is 5.65. The summed E-state index contributed by atoms with van der Waals surface area (Å²) in [4.78, 5) is 21.9. The minimum absolute atomic E-state index is 0.104. The Morgan fingerprint density at radius 2 is 2.24 bits per heavy atom. The van der Waals surface area contributed by atoms with Crippen molar-refractivity contribution < 1.29 is 19.1 Å². The molecular weight excluding hydrogens is 246 g/mol. The molecule has 1 heterocycles. The number of carboxylic acids is 1. The maximum absolute atomic E-state index is 11.6. The molecule has 0 spiro atoms. The van der Waals surface area contributed by atoms with Gasteiger partial charge in [-0.3, -0.25) is 9.59 Å². The summed E-state index contributed by atoms with van der Waals surface area (Å²) < 4.78 is 4.95. The van der Waals surface area contributed by atoms with E-state index in [1.807, 2.05) is 6.92 Å². The molecule has 0 aromatic carbocycles. The average molecular weight is 260 g/mol. The SMILES string of the molecule is CC(CCCC(=O)O)NC(=O)c1ccc(Cl)o1. The van der Waals surface area contributed by atoms with Crippen molar-refractivity contribution in [2.45, 2.75) is 32.2 Å². The third-order valence-corrected chi connectivity index (χ3v) is 2.41. The van der Waals surface area contributed by atoms with Gasteiger partial charge in [-0.2, -0.15) is 0 Å². The van der Waals surface area contributed by atoms with Crippen LogP contribution in [0.4, 0.5) is 0 Å². The fourth-order valence-corrected chi connectivity index (χ4v) is 1.51. The number of rotatable bonds is 6. The van der Waals surface area contributed by atoms with Gasteiger partial charge in [0.2, 0.25) is 0 Å². The van der Waals surface area contributed by atoms with Crippen LogP contribution in [0, 0.1) is 0 Å². The van der Waals surface area contributed by atoms with Gasteiger partial charge in [0, 0.05) is 12.5 Å². The lowest BCUT2D eigenvalue weighted by Gasteiger charge is -2.11. The summed E-state index contributed by atoms with van der Waals surface area (Å²) in [5.74, 6) is -1.03. The van der Waals surface area contributed by atoms with Gasteiger partial charge in [0.05, 0.1) is 0 Å². The number of aliphatic carboxylic acids is 1. The highest BCUT2D eigenvalue weighted by atomic mass is 35.5. The standard InChI is InChI=1S/C11H14ClNO4/c1-7(3-2-4-10(14)15)13-11(16)8-5-6-9(12)17-8/h5-7H,2-4H2,1H3,(H,13,16)(H,14,15). The normalized spacial score (nSPS) is 12.1. The highest BCUT2D eigenvalue weighted by molar-refractivity contribution is 6.29. The van der Waals surface area contributed by atoms with Gasteiger partial charge in [0.1, 0.15) is 0 Å². The molecule has 5 nitrogen and oxygen atoms in total. The smallest absolute Gasteiger partial charge is 0.303 e. The number of amides is 1. The Morgan fingerprint density at radius 1 is 1.53 bits per heavy atom. The summed E-state index contributed by atoms with van der Waals surface area (Å²) in [6.45, 7) is 1.81. The van der Waals surface area contributed by atoms with E-state index < -0.39 is 5.97 Å². The Morgan fingerprint density at radius 3 is 2.76 bits per heavy atom. The lowest BCUT2D eigenvalue weighted by atomic mass is 10.1. The number of nitrogens with one attached hydrogen (secondary N) is 1. The Bertz CT molecular complexity index is 402. The zero-order valence-electron chi connectivity index (χ0n) is 9.40. The number of furan rings is 1. The van der Waals surface area contributed by atoms with Gasteiger partial charge in [-0.15, -0.1) is 0 Å². The van der Waals surface area contributed by atoms with Crippen molar-refractivity contribution in [2.75, 3.05) is 0 Å². The lowest BCUT2D eigenvalue weighted by Crippen LogP contribution is -2.32. The highest BCUT2D eigenvalue weighted by Gasteiger charge is 2.13. The number of halogens is 1. The van der Waals surface area contributed by atoms with Crippen molar-refractivity contribution in [2.24, 2.45) is 0 Å². The minimum atomic E-state index is -0.832. The topological polar surface area (TPSA) is 79.5 Å². The van der Waals surface area contributed by atoms with Crippen molar-refractivity contribution in [1.29, 1.82) is 0 Å². The fourth-order valence-electron chi connectivity index (χ4n) is 1.36. The number of hydrogen-bond acceptors (Lipinski definition) is 3. The van der Waals surface area contributed by atoms with Crippen LogP contribution in [0.3, 0.4) is 0 Å². The predicted octanol–water partition coefficient (Wildman–Crippen LogP) is 2.31. The van der Waals surface area contributed by atoms with Crippen LogP contribution >= 0.6 is 11.6 Å². The largest absolute Gasteiger partial charge is 0.481 e. The average Bonchev–Trinajstić information content (AvgIpc) is 2.64. The van der Waals surface area contributed by atoms with Gasteiger partial charge in [0.15, 0.2) is 11.0 Å². The second kappa shape index (κ2) is 6.30. The van der Waals surface area contributed by atoms with Crippen molar-refractivity contribution in [3.05, 3.63) is 23.1 Å². The van der Waals surface area contributed by atoms with Crippen LogP contribution < -0.4 is 5.32 Å². The van der Waals surface area contributed by atoms with Crippen LogP contribution in [0.2, 0.25) is 5.22 Å². The summed E-state index contributed by atoms with van der Waals surface area (Å²) in [6.07, 6.45) is 1.23. The summed E-state index contributed by atoms with van der Waals surface area (Å²) in [6, 6.07) is 2.87. The molecule has 17 heavy (non-hydrogen) atoms. The quantitative estimate of drug-likeness (QED) is 0.822. The molecule has 1 unspecified atom stereocenters. The molecule has 1 rings (SSSR count). The summed E-state index contributed by atoms with van der Waals surface area (Å²) in [5.41, 5.74) is 0. The maximum atomic E-state index is 11.6. The molecule has 0 saturated heterocycles. The van der Waals surface area contributed by atoms with E-state index in [9.17, 15) is 9.59 Å². The van der Waals surface area contributed by atoms with E-state index in [0.29, 0.717) is 12.8 Å². The molecule has 2 N–H and O–H groups in total. The first kappa shape index (κ1) is 13.6. The van der Waals surface area contributed by atoms with Crippen LogP contribution in [-0.2, 0) is 4.79 Å². The van der Waals surface area contributed by atoms with E-state index in [1.54, 1.807) is 0 Å². The van der Waals surface area contributed by atoms with Gasteiger partial charge >= 0.3 is 5.97 Å². The molecule has 0 saturated carbocycles. The van der Waals surface area contributed by atoms with Gasteiger partial charge in [0.25, 0.3) is 5.91 Å². The van der Waals surface area contributed by atoms with Crippen molar-refractivity contribution in [3.8, 4) is 0 Å². The first-order chi connectivity index (χ1) is 7.99. The van der Waals surface area contributed by atoms with Crippen molar-refractivity contribution in [1.82, 2.24) is 5.32 Å². The third-order valence-electron chi connectivity index (χ3n) is 2.20. The van der Waals surface area contributed by atoms with Crippen LogP contribution in [0.15, 0.2) is 16.5 Å². The predicted molar refractivity (Wildman–Crippen MR) is 62.1 cm³/mol. The highest BCUT2D eigenvalue weighted by Crippen LogP contribution is 2.13. The molecule has 0 aliphatic carbocycles. The molecular formula is C11H14ClNO4. The molecule has 1 aromatic heterocycles. The summed E-state index contributed by atoms with van der Waals surface area (Å²) >= 11 is 5.55. The second-order valence-electron chi connectivity index (χ2n) is 3.76. The van der Waals surface area contributed by atoms with Crippen LogP contribution in [0.25, 0.3) is 0 Å². The Kier molecular flexibility index (Phi) is 5.03. The first-order valence-electron chi connectivity index (χ1n) is 5.27. The Balaban J connectivity index is 2.33. The number of carboxylic acid groups (broad SMARTS) is 1. The number of carbonyl (C=O) groups excluding carboxylic acids is 1. The van der Waals surface area contributed by atoms with Crippen molar-refractivity contribution >= 4 is 23.5 Å². The summed E-state index contributed by atoms with van der Waals surface area (Å²) in [7, 11) is 0. The Hall–Kier alpha value is -1.49. The van der Waals surface area contributed by atoms with E-state index in [4.69, 9.17) is 21.1 Å². The molecule has 1 atom stereocenters. The molecule has 0 aliphatic rings. The van der Waals surface area contributed by atoms with Crippen LogP contribution in [-0.4, -0.2) is 23.0 Å². The van der Waals surface area contributed by atoms with E-state index >= 15 is 0 Å². The van der Waals surface area contributed by atoms with Gasteiger partial charge in [-0.05, 0) is 43.5 Å². The molecule has 0 fully saturated rings. The molecule has 0 bridgehead atoms. The molecule has 1 aromatic rings. The molecule has 0 aliphatic heterocycles. The molecule has 0 radical (unpaired) electrons. The van der Waals surface area contributed by atoms with Crippen LogP contribution in [0.5, 0.6) is 0 Å². The molecule has 94 valence electrons. The summed E-state index contributed by atoms with van der Waals surface area (Å²) in [5, 5.41) is 11.3. The van der Waals surface area contributed by atoms with E-state index in [1.165, 1.54) is 12.1 Å². The van der Waals surface area contributed by atoms with Gasteiger partial charge in [-0.25, -0.2) is 0 Å². The van der Waals surface area contributed by atoms with Crippen LogP contribution in [0.1, 0.15) is 36.7 Å². The second-order valence-corrected chi connectivity index (χ2v) is 4.14. The van der Waals surface area contributed by atoms with E-state index in [2.05, 4.69) is 5.32 Å². The maximum Gasteiger partial charge on any atom is 0.303 e. The lowest BCUT2D eigenvalue weighted by molar-refractivity contribution is -0.137. The van der Waals surface area contributed by atoms with Crippen molar-refractivity contribution in [3.63, 3.8) is 0 Å².